The summed E-state index contributed by atoms with van der Waals surface area (Å²) in [5.41, 5.74) is 0.740. The molecule has 3 aliphatic heterocycles. The van der Waals surface area contributed by atoms with Crippen LogP contribution in [0.15, 0.2) is 12.4 Å². The van der Waals surface area contributed by atoms with Crippen molar-refractivity contribution in [3.8, 4) is 17.3 Å². The topological polar surface area (TPSA) is 129 Å². The number of carbonyl (C=O) groups excluding carboxylic acids is 1. The SMILES string of the molecule is C[C@H]1CN([C@@H]2CCN(c3ncc4c5c(c(-c6ncc(F)c7sc(NC(=O)OC(C)(C)C)c(C#N)c67)c(F)c4n3)COC5)C2)C[C@H](C)N1. The number of halogens is 2. The van der Waals surface area contributed by atoms with Gasteiger partial charge in [-0.25, -0.2) is 23.5 Å². The zero-order valence-electron chi connectivity index (χ0n) is 26.9. The summed E-state index contributed by atoms with van der Waals surface area (Å²) in [5, 5.41) is 17.1. The van der Waals surface area contributed by atoms with E-state index in [2.05, 4.69) is 50.3 Å². The molecule has 0 unspecified atom stereocenters. The van der Waals surface area contributed by atoms with Crippen molar-refractivity contribution in [3.05, 3.63) is 40.7 Å². The Morgan fingerprint density at radius 2 is 1.89 bits per heavy atom. The van der Waals surface area contributed by atoms with Crippen molar-refractivity contribution < 1.29 is 23.0 Å². The Hall–Kier alpha value is -4.03. The van der Waals surface area contributed by atoms with Crippen molar-refractivity contribution >= 4 is 49.4 Å². The van der Waals surface area contributed by atoms with Crippen LogP contribution in [0, 0.1) is 23.0 Å². The predicted molar refractivity (Wildman–Crippen MR) is 175 cm³/mol. The molecule has 1 amide bonds. The van der Waals surface area contributed by atoms with E-state index in [1.807, 2.05) is 0 Å². The first-order valence-corrected chi connectivity index (χ1v) is 16.6. The highest BCUT2D eigenvalue weighted by Crippen LogP contribution is 2.46. The van der Waals surface area contributed by atoms with Crippen molar-refractivity contribution in [2.45, 2.75) is 78.0 Å². The number of nitrogens with one attached hydrogen (secondary N) is 2. The number of thiophene rings is 1. The fourth-order valence-electron chi connectivity index (χ4n) is 7.04. The lowest BCUT2D eigenvalue weighted by Gasteiger charge is -2.39. The summed E-state index contributed by atoms with van der Waals surface area (Å²) in [4.78, 5) is 31.0. The molecule has 47 heavy (non-hydrogen) atoms. The lowest BCUT2D eigenvalue weighted by atomic mass is 9.94. The molecule has 4 aromatic rings. The van der Waals surface area contributed by atoms with Gasteiger partial charge in [-0.2, -0.15) is 5.26 Å². The molecule has 0 spiro atoms. The van der Waals surface area contributed by atoms with Gasteiger partial charge in [0.15, 0.2) is 11.6 Å². The first-order valence-electron chi connectivity index (χ1n) is 15.8. The van der Waals surface area contributed by atoms with Gasteiger partial charge in [-0.3, -0.25) is 15.2 Å². The summed E-state index contributed by atoms with van der Waals surface area (Å²) in [6, 6.07) is 3.23. The van der Waals surface area contributed by atoms with E-state index in [1.165, 1.54) is 0 Å². The van der Waals surface area contributed by atoms with Crippen LogP contribution in [0.4, 0.5) is 24.5 Å². The lowest BCUT2D eigenvalue weighted by Crippen LogP contribution is -2.57. The van der Waals surface area contributed by atoms with Crippen LogP contribution in [0.25, 0.3) is 32.2 Å². The molecule has 2 N–H and O–H groups in total. The van der Waals surface area contributed by atoms with Crippen molar-refractivity contribution in [1.82, 2.24) is 25.2 Å². The second-order valence-electron chi connectivity index (χ2n) is 13.6. The van der Waals surface area contributed by atoms with Gasteiger partial charge in [-0.1, -0.05) is 0 Å². The summed E-state index contributed by atoms with van der Waals surface area (Å²) >= 11 is 0.869. The molecule has 11 nitrogen and oxygen atoms in total. The Bertz CT molecular complexity index is 1940. The van der Waals surface area contributed by atoms with Crippen LogP contribution >= 0.6 is 11.3 Å². The number of ether oxygens (including phenoxy) is 2. The molecule has 1 aromatic carbocycles. The van der Waals surface area contributed by atoms with E-state index in [0.29, 0.717) is 35.0 Å². The first kappa shape index (κ1) is 31.6. The molecular formula is C33H36F2N8O3S. The van der Waals surface area contributed by atoms with Crippen molar-refractivity contribution in [2.75, 3.05) is 36.4 Å². The van der Waals surface area contributed by atoms with Gasteiger partial charge >= 0.3 is 6.09 Å². The third-order valence-corrected chi connectivity index (χ3v) is 9.98. The zero-order valence-corrected chi connectivity index (χ0v) is 27.7. The number of rotatable bonds is 4. The Kier molecular flexibility index (Phi) is 7.99. The van der Waals surface area contributed by atoms with E-state index in [4.69, 9.17) is 14.5 Å². The van der Waals surface area contributed by atoms with E-state index < -0.39 is 23.3 Å². The minimum atomic E-state index is -0.795. The van der Waals surface area contributed by atoms with Gasteiger partial charge in [0.2, 0.25) is 5.95 Å². The molecule has 0 bridgehead atoms. The fourth-order valence-corrected chi connectivity index (χ4v) is 8.08. The van der Waals surface area contributed by atoms with Gasteiger partial charge in [0, 0.05) is 66.8 Å². The number of fused-ring (bicyclic) bond motifs is 4. The summed E-state index contributed by atoms with van der Waals surface area (Å²) < 4.78 is 43.3. The van der Waals surface area contributed by atoms with Crippen molar-refractivity contribution in [2.24, 2.45) is 0 Å². The predicted octanol–water partition coefficient (Wildman–Crippen LogP) is 5.69. The summed E-state index contributed by atoms with van der Waals surface area (Å²) in [6.45, 7) is 13.3. The molecule has 3 aliphatic rings. The second-order valence-corrected chi connectivity index (χ2v) is 14.6. The van der Waals surface area contributed by atoms with Crippen LogP contribution in [0.5, 0.6) is 0 Å². The number of piperazine rings is 1. The van der Waals surface area contributed by atoms with Crippen LogP contribution < -0.4 is 15.5 Å². The highest BCUT2D eigenvalue weighted by atomic mass is 32.1. The Labute approximate surface area is 274 Å². The van der Waals surface area contributed by atoms with Gasteiger partial charge < -0.3 is 19.7 Å². The largest absolute Gasteiger partial charge is 0.444 e. The Morgan fingerprint density at radius 3 is 2.62 bits per heavy atom. The maximum atomic E-state index is 16.9. The van der Waals surface area contributed by atoms with E-state index in [-0.39, 0.29) is 50.6 Å². The standard InChI is InChI=1S/C33H36F2N8O3S/c1-16-11-43(12-17(2)39-16)18-6-7-42(13-18)31-38-9-20-21-14-45-15-22(21)24(26(35)27(20)40-31)28-25-19(8-36)30(41-32(44)46-33(3,4)5)47-29(25)23(34)10-37-28/h9-10,16-18,39H,6-7,11-15H2,1-5H3,(H,41,44)/t16-,17-,18+/m0/s1. The number of nitrogens with zero attached hydrogens (tertiary/aromatic N) is 6. The first-order chi connectivity index (χ1) is 22.4. The average molecular weight is 663 g/mol. The summed E-state index contributed by atoms with van der Waals surface area (Å²) in [7, 11) is 0. The second kappa shape index (κ2) is 11.9. The van der Waals surface area contributed by atoms with Crippen LogP contribution in [0.2, 0.25) is 0 Å². The smallest absolute Gasteiger partial charge is 0.412 e. The maximum absolute atomic E-state index is 16.9. The number of amides is 1. The zero-order chi connectivity index (χ0) is 33.2. The van der Waals surface area contributed by atoms with E-state index in [1.54, 1.807) is 27.0 Å². The van der Waals surface area contributed by atoms with E-state index >= 15 is 8.78 Å². The number of carbonyl (C=O) groups is 1. The molecule has 6 heterocycles. The van der Waals surface area contributed by atoms with Gasteiger partial charge in [0.05, 0.1) is 35.4 Å². The molecule has 0 radical (unpaired) electrons. The minimum absolute atomic E-state index is 0.0342. The highest BCUT2D eigenvalue weighted by Gasteiger charge is 2.35. The van der Waals surface area contributed by atoms with E-state index in [0.717, 1.165) is 55.7 Å². The maximum Gasteiger partial charge on any atom is 0.412 e. The normalized spacial score (nSPS) is 21.7. The van der Waals surface area contributed by atoms with Gasteiger partial charge in [0.25, 0.3) is 0 Å². The fraction of sp³-hybridized carbons (Fsp3) is 0.485. The molecule has 7 rings (SSSR count). The number of benzene rings is 1. The number of hydrogen-bond donors (Lipinski definition) is 2. The number of nitriles is 1. The summed E-state index contributed by atoms with van der Waals surface area (Å²) in [5.74, 6) is -0.905. The lowest BCUT2D eigenvalue weighted by molar-refractivity contribution is 0.0636. The van der Waals surface area contributed by atoms with Crippen molar-refractivity contribution in [1.29, 1.82) is 5.26 Å². The monoisotopic (exact) mass is 662 g/mol. The average Bonchev–Trinajstić information content (AvgIpc) is 3.76. The summed E-state index contributed by atoms with van der Waals surface area (Å²) in [6.07, 6.45) is 2.82. The molecule has 3 atom stereocenters. The van der Waals surface area contributed by atoms with Gasteiger partial charge in [-0.15, -0.1) is 11.3 Å². The van der Waals surface area contributed by atoms with Crippen LogP contribution in [0.1, 0.15) is 57.7 Å². The van der Waals surface area contributed by atoms with Crippen LogP contribution in [-0.2, 0) is 22.7 Å². The number of pyridine rings is 1. The van der Waals surface area contributed by atoms with Crippen molar-refractivity contribution in [3.63, 3.8) is 0 Å². The molecule has 246 valence electrons. The number of aromatic nitrogens is 3. The molecule has 2 saturated heterocycles. The highest BCUT2D eigenvalue weighted by molar-refractivity contribution is 7.23. The molecule has 14 heteroatoms. The molecule has 2 fully saturated rings. The van der Waals surface area contributed by atoms with E-state index in [9.17, 15) is 10.1 Å². The van der Waals surface area contributed by atoms with Crippen LogP contribution in [-0.4, -0.2) is 75.9 Å². The molecule has 0 aliphatic carbocycles. The molecular weight excluding hydrogens is 626 g/mol. The Morgan fingerprint density at radius 1 is 1.15 bits per heavy atom. The van der Waals surface area contributed by atoms with Crippen LogP contribution in [0.3, 0.4) is 0 Å². The third-order valence-electron chi connectivity index (χ3n) is 8.87. The quantitative estimate of drug-likeness (QED) is 0.281. The number of anilines is 2. The number of hydrogen-bond acceptors (Lipinski definition) is 11. The van der Waals surface area contributed by atoms with Gasteiger partial charge in [0.1, 0.15) is 22.2 Å². The Balaban J connectivity index is 1.31. The minimum Gasteiger partial charge on any atom is -0.444 e. The molecule has 0 saturated carbocycles. The molecule has 3 aromatic heterocycles. The third kappa shape index (κ3) is 5.75. The van der Waals surface area contributed by atoms with Gasteiger partial charge in [-0.05, 0) is 52.2 Å².